The molecule has 0 aliphatic heterocycles. The molecule has 0 bridgehead atoms. The van der Waals surface area contributed by atoms with Crippen LogP contribution in [0.25, 0.3) is 0 Å². The Labute approximate surface area is 112 Å². The molecule has 0 aliphatic rings. The average Bonchev–Trinajstić information content (AvgIpc) is 2.57. The Morgan fingerprint density at radius 3 is 2.68 bits per heavy atom. The van der Waals surface area contributed by atoms with Crippen LogP contribution in [-0.2, 0) is 14.8 Å². The lowest BCUT2D eigenvalue weighted by Gasteiger charge is -2.09. The summed E-state index contributed by atoms with van der Waals surface area (Å²) in [7, 11) is -3.63. The third-order valence-corrected chi connectivity index (χ3v) is 3.47. The zero-order chi connectivity index (χ0) is 14.6. The predicted molar refractivity (Wildman–Crippen MR) is 71.0 cm³/mol. The van der Waals surface area contributed by atoms with Gasteiger partial charge >= 0.3 is 5.97 Å². The monoisotopic (exact) mass is 290 g/mol. The van der Waals surface area contributed by atoms with Gasteiger partial charge in [0.25, 0.3) is 0 Å². The molecule has 0 spiro atoms. The SMILES string of the molecule is Cc1cc(NS(=O)(=O)CCOC(C)C)c(C(=O)O)[nH]1. The fourth-order valence-electron chi connectivity index (χ4n) is 1.45. The number of rotatable bonds is 7. The Balaban J connectivity index is 2.75. The molecule has 1 aromatic rings. The van der Waals surface area contributed by atoms with Crippen molar-refractivity contribution in [3.8, 4) is 0 Å². The van der Waals surface area contributed by atoms with E-state index in [9.17, 15) is 13.2 Å². The first-order chi connectivity index (χ1) is 8.71. The van der Waals surface area contributed by atoms with Gasteiger partial charge in [-0.15, -0.1) is 0 Å². The van der Waals surface area contributed by atoms with E-state index in [-0.39, 0.29) is 29.8 Å². The molecule has 0 atom stereocenters. The molecule has 19 heavy (non-hydrogen) atoms. The predicted octanol–water partition coefficient (Wildman–Crippen LogP) is 1.19. The number of aromatic amines is 1. The molecule has 0 unspecified atom stereocenters. The highest BCUT2D eigenvalue weighted by Gasteiger charge is 2.18. The third-order valence-electron chi connectivity index (χ3n) is 2.23. The molecule has 0 saturated heterocycles. The number of ether oxygens (including phenoxy) is 1. The Morgan fingerprint density at radius 2 is 2.16 bits per heavy atom. The summed E-state index contributed by atoms with van der Waals surface area (Å²) >= 11 is 0. The lowest BCUT2D eigenvalue weighted by atomic mass is 10.4. The van der Waals surface area contributed by atoms with Crippen LogP contribution < -0.4 is 4.72 Å². The quantitative estimate of drug-likeness (QED) is 0.699. The van der Waals surface area contributed by atoms with Crippen molar-refractivity contribution in [1.29, 1.82) is 0 Å². The molecule has 1 heterocycles. The van der Waals surface area contributed by atoms with Gasteiger partial charge in [0, 0.05) is 5.69 Å². The van der Waals surface area contributed by atoms with Crippen molar-refractivity contribution < 1.29 is 23.1 Å². The van der Waals surface area contributed by atoms with Gasteiger partial charge in [0.05, 0.1) is 24.2 Å². The van der Waals surface area contributed by atoms with Crippen molar-refractivity contribution >= 4 is 21.7 Å². The van der Waals surface area contributed by atoms with Crippen molar-refractivity contribution in [2.45, 2.75) is 26.9 Å². The van der Waals surface area contributed by atoms with E-state index in [1.165, 1.54) is 6.07 Å². The summed E-state index contributed by atoms with van der Waals surface area (Å²) in [5.41, 5.74) is 0.425. The van der Waals surface area contributed by atoms with Crippen molar-refractivity contribution in [2.24, 2.45) is 0 Å². The summed E-state index contributed by atoms with van der Waals surface area (Å²) in [5, 5.41) is 8.93. The highest BCUT2D eigenvalue weighted by molar-refractivity contribution is 7.92. The van der Waals surface area contributed by atoms with Crippen LogP contribution in [-0.4, -0.2) is 42.9 Å². The van der Waals surface area contributed by atoms with Crippen LogP contribution in [0.3, 0.4) is 0 Å². The number of carboxylic acid groups (broad SMARTS) is 1. The summed E-state index contributed by atoms with van der Waals surface area (Å²) in [6.45, 7) is 5.31. The number of anilines is 1. The molecule has 3 N–H and O–H groups in total. The number of carbonyl (C=O) groups is 1. The number of aromatic carboxylic acids is 1. The largest absolute Gasteiger partial charge is 0.477 e. The standard InChI is InChI=1S/C11H18N2O5S/c1-7(2)18-4-5-19(16,17)13-9-6-8(3)12-10(9)11(14)15/h6-7,12-13H,4-5H2,1-3H3,(H,14,15). The molecule has 108 valence electrons. The summed E-state index contributed by atoms with van der Waals surface area (Å²) in [4.78, 5) is 13.5. The Hall–Kier alpha value is -1.54. The average molecular weight is 290 g/mol. The second-order valence-electron chi connectivity index (χ2n) is 4.39. The number of aromatic nitrogens is 1. The minimum absolute atomic E-state index is 0.0366. The third kappa shape index (κ3) is 4.92. The van der Waals surface area contributed by atoms with Crippen molar-refractivity contribution in [3.63, 3.8) is 0 Å². The molecule has 0 amide bonds. The van der Waals surface area contributed by atoms with E-state index in [0.29, 0.717) is 5.69 Å². The number of aryl methyl sites for hydroxylation is 1. The summed E-state index contributed by atoms with van der Waals surface area (Å²) in [6, 6.07) is 1.43. The number of sulfonamides is 1. The van der Waals surface area contributed by atoms with Crippen LogP contribution in [0.1, 0.15) is 30.0 Å². The molecule has 0 saturated carbocycles. The molecular weight excluding hydrogens is 272 g/mol. The van der Waals surface area contributed by atoms with Crippen molar-refractivity contribution in [1.82, 2.24) is 4.98 Å². The number of H-pyrrole nitrogens is 1. The molecule has 0 aromatic carbocycles. The second-order valence-corrected chi connectivity index (χ2v) is 6.23. The number of nitrogens with one attached hydrogen (secondary N) is 2. The number of hydrogen-bond acceptors (Lipinski definition) is 4. The molecular formula is C11H18N2O5S. The van der Waals surface area contributed by atoms with Gasteiger partial charge in [-0.05, 0) is 26.8 Å². The van der Waals surface area contributed by atoms with E-state index < -0.39 is 16.0 Å². The zero-order valence-electron chi connectivity index (χ0n) is 11.1. The van der Waals surface area contributed by atoms with E-state index in [0.717, 1.165) is 0 Å². The lowest BCUT2D eigenvalue weighted by molar-refractivity contribution is 0.0692. The molecule has 0 radical (unpaired) electrons. The summed E-state index contributed by atoms with van der Waals surface area (Å²) in [5.74, 6) is -1.45. The first-order valence-electron chi connectivity index (χ1n) is 5.76. The smallest absolute Gasteiger partial charge is 0.354 e. The molecule has 1 rings (SSSR count). The Bertz CT molecular complexity index is 547. The highest BCUT2D eigenvalue weighted by Crippen LogP contribution is 2.18. The Morgan fingerprint density at radius 1 is 1.53 bits per heavy atom. The van der Waals surface area contributed by atoms with Gasteiger partial charge in [-0.2, -0.15) is 0 Å². The fraction of sp³-hybridized carbons (Fsp3) is 0.545. The van der Waals surface area contributed by atoms with Gasteiger partial charge in [0.1, 0.15) is 5.69 Å². The summed E-state index contributed by atoms with van der Waals surface area (Å²) in [6.07, 6.45) is -0.0562. The molecule has 0 fully saturated rings. The van der Waals surface area contributed by atoms with E-state index in [1.807, 2.05) is 0 Å². The maximum atomic E-state index is 11.8. The zero-order valence-corrected chi connectivity index (χ0v) is 11.9. The van der Waals surface area contributed by atoms with Crippen molar-refractivity contribution in [2.75, 3.05) is 17.1 Å². The van der Waals surface area contributed by atoms with E-state index in [1.54, 1.807) is 20.8 Å². The molecule has 7 nitrogen and oxygen atoms in total. The number of carboxylic acids is 1. The van der Waals surface area contributed by atoms with E-state index in [4.69, 9.17) is 9.84 Å². The van der Waals surface area contributed by atoms with E-state index >= 15 is 0 Å². The first kappa shape index (κ1) is 15.5. The van der Waals surface area contributed by atoms with Crippen LogP contribution in [0.4, 0.5) is 5.69 Å². The van der Waals surface area contributed by atoms with Crippen molar-refractivity contribution in [3.05, 3.63) is 17.5 Å². The minimum Gasteiger partial charge on any atom is -0.477 e. The number of hydrogen-bond donors (Lipinski definition) is 3. The van der Waals surface area contributed by atoms with Gasteiger partial charge in [0.2, 0.25) is 10.0 Å². The fourth-order valence-corrected chi connectivity index (χ4v) is 2.36. The highest BCUT2D eigenvalue weighted by atomic mass is 32.2. The van der Waals surface area contributed by atoms with Crippen LogP contribution in [0.5, 0.6) is 0 Å². The normalized spacial score (nSPS) is 11.8. The van der Waals surface area contributed by atoms with Gasteiger partial charge in [-0.3, -0.25) is 4.72 Å². The summed E-state index contributed by atoms with van der Waals surface area (Å²) < 4.78 is 30.9. The molecule has 8 heteroatoms. The second kappa shape index (κ2) is 6.07. The van der Waals surface area contributed by atoms with Gasteiger partial charge < -0.3 is 14.8 Å². The van der Waals surface area contributed by atoms with Gasteiger partial charge in [-0.1, -0.05) is 0 Å². The maximum Gasteiger partial charge on any atom is 0.354 e. The maximum absolute atomic E-state index is 11.8. The first-order valence-corrected chi connectivity index (χ1v) is 7.41. The van der Waals surface area contributed by atoms with Crippen LogP contribution >= 0.6 is 0 Å². The van der Waals surface area contributed by atoms with E-state index in [2.05, 4.69) is 9.71 Å². The van der Waals surface area contributed by atoms with Crippen LogP contribution in [0, 0.1) is 6.92 Å². The molecule has 0 aliphatic carbocycles. The van der Waals surface area contributed by atoms with Crippen LogP contribution in [0.15, 0.2) is 6.07 Å². The minimum atomic E-state index is -3.63. The molecule has 1 aromatic heterocycles. The Kier molecular flexibility index (Phi) is 4.96. The lowest BCUT2D eigenvalue weighted by Crippen LogP contribution is -2.22. The van der Waals surface area contributed by atoms with Crippen LogP contribution in [0.2, 0.25) is 0 Å². The van der Waals surface area contributed by atoms with Gasteiger partial charge in [-0.25, -0.2) is 13.2 Å². The van der Waals surface area contributed by atoms with Gasteiger partial charge in [0.15, 0.2) is 0 Å². The topological polar surface area (TPSA) is 108 Å².